The van der Waals surface area contributed by atoms with E-state index in [9.17, 15) is 14.0 Å². The van der Waals surface area contributed by atoms with E-state index in [1.165, 1.54) is 6.07 Å². The number of aromatic amines is 1. The average Bonchev–Trinajstić information content (AvgIpc) is 2.68. The summed E-state index contributed by atoms with van der Waals surface area (Å²) in [6.07, 6.45) is 0.546. The summed E-state index contributed by atoms with van der Waals surface area (Å²) in [7, 11) is 1.70. The zero-order valence-electron chi connectivity index (χ0n) is 16.5. The number of urea groups is 1. The van der Waals surface area contributed by atoms with Crippen molar-refractivity contribution in [2.75, 3.05) is 12.4 Å². The highest BCUT2D eigenvalue weighted by Crippen LogP contribution is 2.28. The van der Waals surface area contributed by atoms with Gasteiger partial charge in [-0.2, -0.15) is 0 Å². The molecule has 0 aliphatic carbocycles. The van der Waals surface area contributed by atoms with Gasteiger partial charge in [-0.15, -0.1) is 0 Å². The summed E-state index contributed by atoms with van der Waals surface area (Å²) in [4.78, 5) is 29.4. The molecule has 0 unspecified atom stereocenters. The van der Waals surface area contributed by atoms with E-state index in [0.717, 1.165) is 16.6 Å². The number of nitrogens with one attached hydrogen (secondary N) is 2. The van der Waals surface area contributed by atoms with E-state index in [2.05, 4.69) is 10.3 Å². The van der Waals surface area contributed by atoms with Gasteiger partial charge in [-0.1, -0.05) is 25.1 Å². The Balaban J connectivity index is 1.91. The molecule has 3 rings (SSSR count). The number of nitrogens with zero attached hydrogens (tertiary/aromatic N) is 1. The summed E-state index contributed by atoms with van der Waals surface area (Å²) in [6, 6.07) is 11.3. The third-order valence-electron chi connectivity index (χ3n) is 5.16. The maximum Gasteiger partial charge on any atom is 0.322 e. The lowest BCUT2D eigenvalue weighted by Crippen LogP contribution is -2.34. The van der Waals surface area contributed by atoms with Crippen LogP contribution >= 0.6 is 0 Å². The lowest BCUT2D eigenvalue weighted by molar-refractivity contribution is 0.208. The number of hydrogen-bond acceptors (Lipinski definition) is 2. The lowest BCUT2D eigenvalue weighted by Gasteiger charge is -2.27. The van der Waals surface area contributed by atoms with Gasteiger partial charge in [0, 0.05) is 29.4 Å². The van der Waals surface area contributed by atoms with Gasteiger partial charge in [0.25, 0.3) is 5.56 Å². The smallest absolute Gasteiger partial charge is 0.322 e. The largest absolute Gasteiger partial charge is 0.326 e. The normalized spacial score (nSPS) is 12.0. The Labute approximate surface area is 163 Å². The van der Waals surface area contributed by atoms with Gasteiger partial charge >= 0.3 is 6.03 Å². The fraction of sp³-hybridized carbons (Fsp3) is 0.273. The Morgan fingerprint density at radius 3 is 2.57 bits per heavy atom. The molecule has 0 fully saturated rings. The van der Waals surface area contributed by atoms with Gasteiger partial charge in [0.15, 0.2) is 0 Å². The standard InChI is InChI=1S/C22H24FN3O2/c1-5-15-12-16(10-11-19(15)23)25-22(28)26(4)14(3)20-13(2)24-21(27)18-9-7-6-8-17(18)20/h6-12,14H,5H2,1-4H3,(H,24,27)(H,25,28)/t14-/m0/s1. The number of carbonyl (C=O) groups excluding carboxylic acids is 1. The zero-order chi connectivity index (χ0) is 20.4. The molecule has 3 aromatic rings. The third kappa shape index (κ3) is 3.63. The van der Waals surface area contributed by atoms with Gasteiger partial charge in [-0.25, -0.2) is 9.18 Å². The minimum Gasteiger partial charge on any atom is -0.326 e. The molecule has 28 heavy (non-hydrogen) atoms. The second-order valence-electron chi connectivity index (χ2n) is 6.92. The lowest BCUT2D eigenvalue weighted by atomic mass is 9.98. The van der Waals surface area contributed by atoms with E-state index in [-0.39, 0.29) is 23.4 Å². The molecule has 1 aromatic heterocycles. The quantitative estimate of drug-likeness (QED) is 0.684. The summed E-state index contributed by atoms with van der Waals surface area (Å²) >= 11 is 0. The van der Waals surface area contributed by atoms with Gasteiger partial charge < -0.3 is 15.2 Å². The number of amides is 2. The van der Waals surface area contributed by atoms with Crippen LogP contribution in [-0.4, -0.2) is 23.0 Å². The van der Waals surface area contributed by atoms with E-state index >= 15 is 0 Å². The van der Waals surface area contributed by atoms with Crippen molar-refractivity contribution in [3.05, 3.63) is 75.5 Å². The molecule has 0 spiro atoms. The molecule has 5 nitrogen and oxygen atoms in total. The van der Waals surface area contributed by atoms with Crippen LogP contribution in [0.2, 0.25) is 0 Å². The van der Waals surface area contributed by atoms with Crippen LogP contribution in [0, 0.1) is 12.7 Å². The first-order valence-electron chi connectivity index (χ1n) is 9.27. The number of carbonyl (C=O) groups is 1. The highest BCUT2D eigenvalue weighted by molar-refractivity contribution is 5.91. The number of fused-ring (bicyclic) bond motifs is 1. The fourth-order valence-electron chi connectivity index (χ4n) is 3.47. The minimum atomic E-state index is -0.309. The zero-order valence-corrected chi connectivity index (χ0v) is 16.5. The second-order valence-corrected chi connectivity index (χ2v) is 6.92. The molecule has 0 saturated carbocycles. The molecule has 0 aliphatic heterocycles. The second kappa shape index (κ2) is 7.84. The van der Waals surface area contributed by atoms with Crippen LogP contribution in [0.4, 0.5) is 14.9 Å². The molecule has 2 amide bonds. The number of aromatic nitrogens is 1. The predicted molar refractivity (Wildman–Crippen MR) is 110 cm³/mol. The molecule has 1 atom stereocenters. The van der Waals surface area contributed by atoms with Crippen molar-refractivity contribution in [1.82, 2.24) is 9.88 Å². The van der Waals surface area contributed by atoms with Crippen molar-refractivity contribution >= 4 is 22.5 Å². The maximum atomic E-state index is 13.7. The molecule has 146 valence electrons. The fourth-order valence-corrected chi connectivity index (χ4v) is 3.47. The van der Waals surface area contributed by atoms with Crippen LogP contribution in [0.3, 0.4) is 0 Å². The SMILES string of the molecule is CCc1cc(NC(=O)N(C)[C@@H](C)c2c(C)[nH]c(=O)c3ccccc23)ccc1F. The molecule has 2 aromatic carbocycles. The summed E-state index contributed by atoms with van der Waals surface area (Å²) in [5, 5.41) is 4.24. The highest BCUT2D eigenvalue weighted by Gasteiger charge is 2.22. The number of aryl methyl sites for hydroxylation is 2. The molecule has 0 saturated heterocycles. The summed E-state index contributed by atoms with van der Waals surface area (Å²) in [6.45, 7) is 5.61. The maximum absolute atomic E-state index is 13.7. The van der Waals surface area contributed by atoms with Gasteiger partial charge in [0.05, 0.1) is 6.04 Å². The van der Waals surface area contributed by atoms with Crippen molar-refractivity contribution < 1.29 is 9.18 Å². The Hall–Kier alpha value is -3.15. The van der Waals surface area contributed by atoms with Crippen molar-refractivity contribution in [3.63, 3.8) is 0 Å². The Morgan fingerprint density at radius 1 is 1.21 bits per heavy atom. The predicted octanol–water partition coefficient (Wildman–Crippen LogP) is 4.76. The van der Waals surface area contributed by atoms with Crippen LogP contribution in [0.25, 0.3) is 10.8 Å². The highest BCUT2D eigenvalue weighted by atomic mass is 19.1. The van der Waals surface area contributed by atoms with Gasteiger partial charge in [0.1, 0.15) is 5.82 Å². The summed E-state index contributed by atoms with van der Waals surface area (Å²) in [5.41, 5.74) is 2.57. The van der Waals surface area contributed by atoms with Gasteiger partial charge in [0.2, 0.25) is 0 Å². The number of halogens is 1. The summed E-state index contributed by atoms with van der Waals surface area (Å²) in [5.74, 6) is -0.280. The van der Waals surface area contributed by atoms with E-state index in [1.54, 1.807) is 30.1 Å². The first kappa shape index (κ1) is 19.6. The first-order chi connectivity index (χ1) is 13.3. The first-order valence-corrected chi connectivity index (χ1v) is 9.27. The van der Waals surface area contributed by atoms with Crippen molar-refractivity contribution in [3.8, 4) is 0 Å². The number of H-pyrrole nitrogens is 1. The van der Waals surface area contributed by atoms with Gasteiger partial charge in [-0.3, -0.25) is 4.79 Å². The number of hydrogen-bond donors (Lipinski definition) is 2. The Bertz CT molecular complexity index is 1090. The molecule has 1 heterocycles. The van der Waals surface area contributed by atoms with E-state index in [1.807, 2.05) is 39.0 Å². The number of anilines is 1. The van der Waals surface area contributed by atoms with E-state index in [0.29, 0.717) is 23.1 Å². The van der Waals surface area contributed by atoms with Crippen LogP contribution in [0.15, 0.2) is 47.3 Å². The van der Waals surface area contributed by atoms with Crippen molar-refractivity contribution in [2.24, 2.45) is 0 Å². The average molecular weight is 381 g/mol. The summed E-state index contributed by atoms with van der Waals surface area (Å²) < 4.78 is 13.7. The van der Waals surface area contributed by atoms with Crippen LogP contribution in [0.1, 0.15) is 36.7 Å². The monoisotopic (exact) mass is 381 g/mol. The van der Waals surface area contributed by atoms with Crippen LogP contribution in [-0.2, 0) is 6.42 Å². The van der Waals surface area contributed by atoms with E-state index in [4.69, 9.17) is 0 Å². The van der Waals surface area contributed by atoms with Crippen LogP contribution < -0.4 is 10.9 Å². The van der Waals surface area contributed by atoms with Crippen molar-refractivity contribution in [2.45, 2.75) is 33.2 Å². The molecular weight excluding hydrogens is 357 g/mol. The number of rotatable bonds is 4. The molecule has 0 radical (unpaired) electrons. The van der Waals surface area contributed by atoms with E-state index < -0.39 is 0 Å². The topological polar surface area (TPSA) is 65.2 Å². The van der Waals surface area contributed by atoms with Crippen LogP contribution in [0.5, 0.6) is 0 Å². The van der Waals surface area contributed by atoms with Gasteiger partial charge in [-0.05, 0) is 55.5 Å². The molecule has 0 bridgehead atoms. The molecule has 0 aliphatic rings. The Morgan fingerprint density at radius 2 is 1.89 bits per heavy atom. The number of pyridine rings is 1. The molecule has 6 heteroatoms. The third-order valence-corrected chi connectivity index (χ3v) is 5.16. The number of benzene rings is 2. The minimum absolute atomic E-state index is 0.144. The Kier molecular flexibility index (Phi) is 5.49. The van der Waals surface area contributed by atoms with Crippen molar-refractivity contribution in [1.29, 1.82) is 0 Å². The molecular formula is C22H24FN3O2. The molecule has 2 N–H and O–H groups in total.